The summed E-state index contributed by atoms with van der Waals surface area (Å²) in [6, 6.07) is 6.54. The van der Waals surface area contributed by atoms with E-state index >= 15 is 0 Å². The zero-order valence-electron chi connectivity index (χ0n) is 14.2. The van der Waals surface area contributed by atoms with Crippen LogP contribution in [0.1, 0.15) is 48.5 Å². The van der Waals surface area contributed by atoms with Crippen LogP contribution in [-0.2, 0) is 25.1 Å². The second-order valence-corrected chi connectivity index (χ2v) is 7.78. The average molecular weight is 355 g/mol. The first-order chi connectivity index (χ1) is 11.3. The van der Waals surface area contributed by atoms with Crippen molar-refractivity contribution in [1.29, 1.82) is 0 Å². The lowest BCUT2D eigenvalue weighted by atomic mass is 10.1. The van der Waals surface area contributed by atoms with Gasteiger partial charge in [0.1, 0.15) is 0 Å². The van der Waals surface area contributed by atoms with E-state index in [1.807, 2.05) is 0 Å². The van der Waals surface area contributed by atoms with Crippen molar-refractivity contribution in [2.75, 3.05) is 19.4 Å². The molecular weight excluding hydrogens is 330 g/mol. The highest BCUT2D eigenvalue weighted by atomic mass is 32.2. The third-order valence-corrected chi connectivity index (χ3v) is 4.15. The molecule has 0 unspecified atom stereocenters. The van der Waals surface area contributed by atoms with Gasteiger partial charge in [0.05, 0.1) is 12.4 Å². The smallest absolute Gasteiger partial charge is 0.305 e. The van der Waals surface area contributed by atoms with Crippen molar-refractivity contribution in [1.82, 2.24) is 5.32 Å². The molecule has 1 amide bonds. The summed E-state index contributed by atoms with van der Waals surface area (Å²) >= 11 is 0. The number of nitrogens with one attached hydrogen (secondary N) is 1. The maximum Gasteiger partial charge on any atom is 0.305 e. The third kappa shape index (κ3) is 8.67. The summed E-state index contributed by atoms with van der Waals surface area (Å²) in [7, 11) is -3.08. The molecule has 0 aromatic heterocycles. The van der Waals surface area contributed by atoms with Gasteiger partial charge in [0.2, 0.25) is 0 Å². The molecule has 134 valence electrons. The van der Waals surface area contributed by atoms with E-state index in [4.69, 9.17) is 4.74 Å². The fourth-order valence-electron chi connectivity index (χ4n) is 2.16. The van der Waals surface area contributed by atoms with E-state index < -0.39 is 9.84 Å². The van der Waals surface area contributed by atoms with E-state index in [9.17, 15) is 18.0 Å². The Morgan fingerprint density at radius 3 is 2.33 bits per heavy atom. The van der Waals surface area contributed by atoms with Crippen molar-refractivity contribution in [2.45, 2.75) is 38.4 Å². The van der Waals surface area contributed by atoms with E-state index in [2.05, 4.69) is 5.32 Å². The van der Waals surface area contributed by atoms with Crippen LogP contribution in [0.5, 0.6) is 0 Å². The van der Waals surface area contributed by atoms with Crippen LogP contribution in [0.4, 0.5) is 0 Å². The fourth-order valence-corrected chi connectivity index (χ4v) is 2.96. The Balaban J connectivity index is 2.27. The van der Waals surface area contributed by atoms with Crippen LogP contribution in [-0.4, -0.2) is 39.7 Å². The maximum atomic E-state index is 12.0. The Morgan fingerprint density at radius 2 is 1.75 bits per heavy atom. The van der Waals surface area contributed by atoms with Crippen molar-refractivity contribution >= 4 is 21.7 Å². The molecule has 0 fully saturated rings. The van der Waals surface area contributed by atoms with Crippen molar-refractivity contribution in [3.63, 3.8) is 0 Å². The van der Waals surface area contributed by atoms with Gasteiger partial charge in [-0.15, -0.1) is 0 Å². The van der Waals surface area contributed by atoms with Gasteiger partial charge >= 0.3 is 5.97 Å². The second-order valence-electron chi connectivity index (χ2n) is 5.64. The molecule has 1 aromatic carbocycles. The zero-order valence-corrected chi connectivity index (χ0v) is 15.0. The first-order valence-corrected chi connectivity index (χ1v) is 10.1. The van der Waals surface area contributed by atoms with Crippen LogP contribution in [0, 0.1) is 0 Å². The van der Waals surface area contributed by atoms with Gasteiger partial charge in [0.15, 0.2) is 9.84 Å². The highest BCUT2D eigenvalue weighted by Crippen LogP contribution is 2.08. The topological polar surface area (TPSA) is 89.5 Å². The molecule has 24 heavy (non-hydrogen) atoms. The number of ether oxygens (including phenoxy) is 1. The first-order valence-electron chi connectivity index (χ1n) is 8.02. The standard InChI is InChI=1S/C17H25NO5S/c1-3-23-16(19)7-5-4-6-12-18-17(20)15-10-8-14(9-11-15)13-24(2,21)22/h8-11H,3-7,12-13H2,1-2H3,(H,18,20). The Morgan fingerprint density at radius 1 is 1.08 bits per heavy atom. The Hall–Kier alpha value is -1.89. The fraction of sp³-hybridized carbons (Fsp3) is 0.529. The summed E-state index contributed by atoms with van der Waals surface area (Å²) < 4.78 is 27.3. The molecule has 0 aliphatic carbocycles. The average Bonchev–Trinajstić information content (AvgIpc) is 2.50. The number of hydrogen-bond acceptors (Lipinski definition) is 5. The minimum atomic E-state index is -3.08. The molecule has 1 N–H and O–H groups in total. The maximum absolute atomic E-state index is 12.0. The number of rotatable bonds is 10. The molecule has 0 spiro atoms. The predicted octanol–water partition coefficient (Wildman–Crippen LogP) is 2.08. The summed E-state index contributed by atoms with van der Waals surface area (Å²) in [6.45, 7) is 2.71. The van der Waals surface area contributed by atoms with Gasteiger partial charge < -0.3 is 10.1 Å². The molecule has 0 bridgehead atoms. The summed E-state index contributed by atoms with van der Waals surface area (Å²) in [5.74, 6) is -0.406. The summed E-state index contributed by atoms with van der Waals surface area (Å²) in [5, 5.41) is 2.81. The van der Waals surface area contributed by atoms with Crippen molar-refractivity contribution < 1.29 is 22.7 Å². The van der Waals surface area contributed by atoms with Crippen LogP contribution in [0.2, 0.25) is 0 Å². The van der Waals surface area contributed by atoms with E-state index in [0.29, 0.717) is 30.7 Å². The normalized spacial score (nSPS) is 11.1. The van der Waals surface area contributed by atoms with Gasteiger partial charge in [-0.2, -0.15) is 0 Å². The lowest BCUT2D eigenvalue weighted by Gasteiger charge is -2.06. The number of unbranched alkanes of at least 4 members (excludes halogenated alkanes) is 2. The molecule has 7 heteroatoms. The Kier molecular flexibility index (Phi) is 8.46. The van der Waals surface area contributed by atoms with Crippen LogP contribution in [0.15, 0.2) is 24.3 Å². The highest BCUT2D eigenvalue weighted by Gasteiger charge is 2.08. The summed E-state index contributed by atoms with van der Waals surface area (Å²) in [4.78, 5) is 23.1. The number of esters is 1. The molecule has 6 nitrogen and oxygen atoms in total. The van der Waals surface area contributed by atoms with Gasteiger partial charge in [0.25, 0.3) is 5.91 Å². The van der Waals surface area contributed by atoms with Crippen LogP contribution >= 0.6 is 0 Å². The number of hydrogen-bond donors (Lipinski definition) is 1. The zero-order chi connectivity index (χ0) is 18.0. The van der Waals surface area contributed by atoms with Crippen LogP contribution < -0.4 is 5.32 Å². The minimum absolute atomic E-state index is 0.0324. The van der Waals surface area contributed by atoms with Gasteiger partial charge in [-0.1, -0.05) is 18.6 Å². The van der Waals surface area contributed by atoms with Crippen molar-refractivity contribution in [2.24, 2.45) is 0 Å². The molecular formula is C17H25NO5S. The molecule has 0 heterocycles. The van der Waals surface area contributed by atoms with Gasteiger partial charge in [-0.25, -0.2) is 8.42 Å². The number of amides is 1. The molecule has 0 saturated carbocycles. The van der Waals surface area contributed by atoms with Gasteiger partial charge in [-0.05, 0) is 37.5 Å². The molecule has 0 saturated heterocycles. The number of carbonyl (C=O) groups is 2. The van der Waals surface area contributed by atoms with Crippen LogP contribution in [0.25, 0.3) is 0 Å². The molecule has 0 atom stereocenters. The third-order valence-electron chi connectivity index (χ3n) is 3.29. The first kappa shape index (κ1) is 20.2. The molecule has 1 aromatic rings. The van der Waals surface area contributed by atoms with Crippen molar-refractivity contribution in [3.05, 3.63) is 35.4 Å². The lowest BCUT2D eigenvalue weighted by Crippen LogP contribution is -2.24. The Bertz CT molecular complexity index is 637. The van der Waals surface area contributed by atoms with E-state index in [-0.39, 0.29) is 17.6 Å². The second kappa shape index (κ2) is 10.1. The van der Waals surface area contributed by atoms with Crippen molar-refractivity contribution in [3.8, 4) is 0 Å². The van der Waals surface area contributed by atoms with Gasteiger partial charge in [0, 0.05) is 24.8 Å². The minimum Gasteiger partial charge on any atom is -0.466 e. The van der Waals surface area contributed by atoms with E-state index in [1.54, 1.807) is 31.2 Å². The van der Waals surface area contributed by atoms with E-state index in [0.717, 1.165) is 19.3 Å². The number of sulfone groups is 1. The van der Waals surface area contributed by atoms with E-state index in [1.165, 1.54) is 6.26 Å². The number of carbonyl (C=O) groups excluding carboxylic acids is 2. The Labute approximate surface area is 143 Å². The lowest BCUT2D eigenvalue weighted by molar-refractivity contribution is -0.143. The molecule has 0 radical (unpaired) electrons. The van der Waals surface area contributed by atoms with Crippen LogP contribution in [0.3, 0.4) is 0 Å². The molecule has 0 aliphatic rings. The van der Waals surface area contributed by atoms with Gasteiger partial charge in [-0.3, -0.25) is 9.59 Å². The molecule has 0 aliphatic heterocycles. The quantitative estimate of drug-likeness (QED) is 0.513. The predicted molar refractivity (Wildman–Crippen MR) is 92.4 cm³/mol. The summed E-state index contributed by atoms with van der Waals surface area (Å²) in [6.07, 6.45) is 3.96. The SMILES string of the molecule is CCOC(=O)CCCCCNC(=O)c1ccc(CS(C)(=O)=O)cc1. The monoisotopic (exact) mass is 355 g/mol. The summed E-state index contributed by atoms with van der Waals surface area (Å²) in [5.41, 5.74) is 1.16. The largest absolute Gasteiger partial charge is 0.466 e. The number of benzene rings is 1. The highest BCUT2D eigenvalue weighted by molar-refractivity contribution is 7.89. The molecule has 1 rings (SSSR count).